The van der Waals surface area contributed by atoms with Crippen LogP contribution in [0.2, 0.25) is 0 Å². The van der Waals surface area contributed by atoms with Crippen LogP contribution in [0.3, 0.4) is 0 Å². The summed E-state index contributed by atoms with van der Waals surface area (Å²) < 4.78 is 13.6. The normalized spacial score (nSPS) is 21.0. The maximum atomic E-state index is 13.6. The molecule has 0 bridgehead atoms. The van der Waals surface area contributed by atoms with E-state index in [4.69, 9.17) is 5.73 Å². The van der Waals surface area contributed by atoms with Crippen LogP contribution >= 0.6 is 0 Å². The molecule has 1 fully saturated rings. The molecule has 0 aromatic heterocycles. The van der Waals surface area contributed by atoms with Crippen LogP contribution in [0, 0.1) is 5.82 Å². The molecule has 1 aliphatic heterocycles. The van der Waals surface area contributed by atoms with Gasteiger partial charge >= 0.3 is 0 Å². The third-order valence-electron chi connectivity index (χ3n) is 2.77. The topological polar surface area (TPSA) is 49.5 Å². The Hall–Kier alpha value is -1.13. The Bertz CT molecular complexity index is 356. The van der Waals surface area contributed by atoms with Crippen molar-refractivity contribution in [2.45, 2.75) is 19.1 Å². The van der Waals surface area contributed by atoms with Crippen LogP contribution in [0.5, 0.6) is 0 Å². The number of rotatable bonds is 2. The molecule has 1 aliphatic rings. The molecule has 3 nitrogen and oxygen atoms in total. The van der Waals surface area contributed by atoms with Crippen molar-refractivity contribution in [1.29, 1.82) is 0 Å². The van der Waals surface area contributed by atoms with Crippen LogP contribution < -0.4 is 10.6 Å². The molecule has 0 aliphatic carbocycles. The fourth-order valence-electron chi connectivity index (χ4n) is 2.02. The van der Waals surface area contributed by atoms with Crippen molar-refractivity contribution in [3.8, 4) is 0 Å². The Kier molecular flexibility index (Phi) is 2.88. The first kappa shape index (κ1) is 10.4. The molecule has 1 atom stereocenters. The van der Waals surface area contributed by atoms with E-state index in [-0.39, 0.29) is 11.9 Å². The number of nitrogens with zero attached hydrogens (tertiary/aromatic N) is 1. The largest absolute Gasteiger partial charge is 0.391 e. The number of hydrogen-bond acceptors (Lipinski definition) is 3. The molecule has 1 heterocycles. The predicted molar refractivity (Wildman–Crippen MR) is 57.1 cm³/mol. The monoisotopic (exact) mass is 210 g/mol. The van der Waals surface area contributed by atoms with Gasteiger partial charge in [0.15, 0.2) is 0 Å². The first-order valence-electron chi connectivity index (χ1n) is 5.13. The summed E-state index contributed by atoms with van der Waals surface area (Å²) in [6.45, 7) is 1.50. The van der Waals surface area contributed by atoms with Crippen LogP contribution in [0.4, 0.5) is 10.1 Å². The highest BCUT2D eigenvalue weighted by atomic mass is 19.1. The van der Waals surface area contributed by atoms with Crippen LogP contribution in [0.1, 0.15) is 12.0 Å². The molecule has 82 valence electrons. The smallest absolute Gasteiger partial charge is 0.146 e. The van der Waals surface area contributed by atoms with Crippen molar-refractivity contribution in [3.63, 3.8) is 0 Å². The van der Waals surface area contributed by atoms with E-state index in [2.05, 4.69) is 0 Å². The number of anilines is 1. The second-order valence-corrected chi connectivity index (χ2v) is 3.84. The average molecular weight is 210 g/mol. The van der Waals surface area contributed by atoms with E-state index in [0.29, 0.717) is 31.7 Å². The summed E-state index contributed by atoms with van der Waals surface area (Å²) in [7, 11) is 0. The SMILES string of the molecule is NCc1cccc(F)c1N1CCC(O)C1. The fraction of sp³-hybridized carbons (Fsp3) is 0.455. The molecule has 0 saturated carbocycles. The zero-order chi connectivity index (χ0) is 10.8. The first-order chi connectivity index (χ1) is 7.22. The van der Waals surface area contributed by atoms with Gasteiger partial charge in [-0.25, -0.2) is 4.39 Å². The number of aliphatic hydroxyl groups is 1. The standard InChI is InChI=1S/C11H15FN2O/c12-10-3-1-2-8(6-13)11(10)14-5-4-9(15)7-14/h1-3,9,15H,4-7,13H2. The molecule has 0 spiro atoms. The van der Waals surface area contributed by atoms with Gasteiger partial charge in [0, 0.05) is 19.6 Å². The Morgan fingerprint density at radius 1 is 1.53 bits per heavy atom. The lowest BCUT2D eigenvalue weighted by molar-refractivity contribution is 0.198. The van der Waals surface area contributed by atoms with Crippen LogP contribution in [0.15, 0.2) is 18.2 Å². The van der Waals surface area contributed by atoms with Gasteiger partial charge in [0.1, 0.15) is 5.82 Å². The van der Waals surface area contributed by atoms with E-state index in [0.717, 1.165) is 5.56 Å². The number of para-hydroxylation sites is 1. The van der Waals surface area contributed by atoms with Gasteiger partial charge in [-0.15, -0.1) is 0 Å². The first-order valence-corrected chi connectivity index (χ1v) is 5.13. The van der Waals surface area contributed by atoms with Gasteiger partial charge in [-0.3, -0.25) is 0 Å². The van der Waals surface area contributed by atoms with Crippen LogP contribution in [-0.2, 0) is 6.54 Å². The Labute approximate surface area is 88.3 Å². The minimum Gasteiger partial charge on any atom is -0.391 e. The van der Waals surface area contributed by atoms with Crippen LogP contribution in [0.25, 0.3) is 0 Å². The van der Waals surface area contributed by atoms with E-state index < -0.39 is 0 Å². The molecular weight excluding hydrogens is 195 g/mol. The number of aliphatic hydroxyl groups excluding tert-OH is 1. The fourth-order valence-corrected chi connectivity index (χ4v) is 2.02. The van der Waals surface area contributed by atoms with Crippen molar-refractivity contribution in [2.75, 3.05) is 18.0 Å². The lowest BCUT2D eigenvalue weighted by Crippen LogP contribution is -2.24. The third kappa shape index (κ3) is 1.96. The van der Waals surface area contributed by atoms with Crippen LogP contribution in [-0.4, -0.2) is 24.3 Å². The molecule has 1 aromatic rings. The number of halogens is 1. The molecule has 0 amide bonds. The molecule has 15 heavy (non-hydrogen) atoms. The molecule has 1 saturated heterocycles. The second-order valence-electron chi connectivity index (χ2n) is 3.84. The Morgan fingerprint density at radius 3 is 2.93 bits per heavy atom. The van der Waals surface area contributed by atoms with Crippen molar-refractivity contribution in [1.82, 2.24) is 0 Å². The second kappa shape index (κ2) is 4.16. The molecule has 2 rings (SSSR count). The highest BCUT2D eigenvalue weighted by Gasteiger charge is 2.24. The maximum absolute atomic E-state index is 13.6. The van der Waals surface area contributed by atoms with Gasteiger partial charge in [-0.1, -0.05) is 12.1 Å². The summed E-state index contributed by atoms with van der Waals surface area (Å²) in [6.07, 6.45) is 0.341. The van der Waals surface area contributed by atoms with E-state index in [1.165, 1.54) is 6.07 Å². The number of hydrogen-bond donors (Lipinski definition) is 2. The van der Waals surface area contributed by atoms with Gasteiger partial charge < -0.3 is 15.7 Å². The maximum Gasteiger partial charge on any atom is 0.146 e. The van der Waals surface area contributed by atoms with E-state index in [1.54, 1.807) is 6.07 Å². The highest BCUT2D eigenvalue weighted by Crippen LogP contribution is 2.27. The van der Waals surface area contributed by atoms with Gasteiger partial charge in [-0.05, 0) is 18.1 Å². The highest BCUT2D eigenvalue weighted by molar-refractivity contribution is 5.55. The Morgan fingerprint density at radius 2 is 2.33 bits per heavy atom. The lowest BCUT2D eigenvalue weighted by Gasteiger charge is -2.21. The molecule has 1 aromatic carbocycles. The third-order valence-corrected chi connectivity index (χ3v) is 2.77. The summed E-state index contributed by atoms with van der Waals surface area (Å²) in [6, 6.07) is 4.91. The Balaban J connectivity index is 2.33. The predicted octanol–water partition coefficient (Wildman–Crippen LogP) is 0.855. The summed E-state index contributed by atoms with van der Waals surface area (Å²) >= 11 is 0. The quantitative estimate of drug-likeness (QED) is 0.761. The zero-order valence-corrected chi connectivity index (χ0v) is 8.49. The van der Waals surface area contributed by atoms with Gasteiger partial charge in [0.2, 0.25) is 0 Å². The number of nitrogens with two attached hydrogens (primary N) is 1. The molecule has 4 heteroatoms. The average Bonchev–Trinajstić information content (AvgIpc) is 2.64. The van der Waals surface area contributed by atoms with E-state index in [9.17, 15) is 9.50 Å². The van der Waals surface area contributed by atoms with Gasteiger partial charge in [0.25, 0.3) is 0 Å². The van der Waals surface area contributed by atoms with Crippen molar-refractivity contribution in [2.24, 2.45) is 5.73 Å². The van der Waals surface area contributed by atoms with Gasteiger partial charge in [-0.2, -0.15) is 0 Å². The van der Waals surface area contributed by atoms with E-state index >= 15 is 0 Å². The van der Waals surface area contributed by atoms with E-state index in [1.807, 2.05) is 11.0 Å². The lowest BCUT2D eigenvalue weighted by atomic mass is 10.1. The molecular formula is C11H15FN2O. The van der Waals surface area contributed by atoms with Crippen molar-refractivity contribution < 1.29 is 9.50 Å². The molecule has 3 N–H and O–H groups in total. The van der Waals surface area contributed by atoms with Gasteiger partial charge in [0.05, 0.1) is 11.8 Å². The molecule has 0 radical (unpaired) electrons. The summed E-state index contributed by atoms with van der Waals surface area (Å²) in [5.41, 5.74) is 6.91. The number of β-amino-alcohol motifs (C(OH)–C–C–N with tert-alkyl or cyclic N) is 1. The summed E-state index contributed by atoms with van der Waals surface area (Å²) in [5, 5.41) is 9.42. The molecule has 1 unspecified atom stereocenters. The number of benzene rings is 1. The summed E-state index contributed by atoms with van der Waals surface area (Å²) in [4.78, 5) is 1.86. The summed E-state index contributed by atoms with van der Waals surface area (Å²) in [5.74, 6) is -0.257. The van der Waals surface area contributed by atoms with Crippen molar-refractivity contribution >= 4 is 5.69 Å². The minimum atomic E-state index is -0.352. The van der Waals surface area contributed by atoms with Crippen molar-refractivity contribution in [3.05, 3.63) is 29.6 Å². The minimum absolute atomic E-state index is 0.257. The zero-order valence-electron chi connectivity index (χ0n) is 8.49.